The van der Waals surface area contributed by atoms with Gasteiger partial charge in [0.2, 0.25) is 0 Å². The molecule has 0 atom stereocenters. The molecule has 0 aliphatic heterocycles. The molecule has 0 aromatic heterocycles. The quantitative estimate of drug-likeness (QED) is 0.783. The molecule has 4 heteroatoms. The molecule has 0 bridgehead atoms. The maximum Gasteiger partial charge on any atom is 0.127 e. The number of ether oxygens (including phenoxy) is 3. The number of methoxy groups -OCH3 is 1. The van der Waals surface area contributed by atoms with Crippen LogP contribution in [-0.2, 0) is 12.0 Å². The van der Waals surface area contributed by atoms with E-state index in [1.807, 2.05) is 36.4 Å². The molecule has 130 valence electrons. The standard InChI is InChI=1S/C20H27NO3/c1-20(2,3)17-7-5-6-8-18(17)23-11-12-24-19-13-16(22-4)10-9-15(19)14-21/h5-10,13H,11-12,14,21H2,1-4H3. The summed E-state index contributed by atoms with van der Waals surface area (Å²) in [6.45, 7) is 7.86. The van der Waals surface area contributed by atoms with Crippen LogP contribution in [-0.4, -0.2) is 20.3 Å². The van der Waals surface area contributed by atoms with Gasteiger partial charge in [-0.1, -0.05) is 45.0 Å². The molecular weight excluding hydrogens is 302 g/mol. The number of benzene rings is 2. The van der Waals surface area contributed by atoms with Crippen LogP contribution in [0.2, 0.25) is 0 Å². The van der Waals surface area contributed by atoms with Gasteiger partial charge < -0.3 is 19.9 Å². The number of nitrogens with two attached hydrogens (primary N) is 1. The lowest BCUT2D eigenvalue weighted by Crippen LogP contribution is -2.16. The molecule has 0 aliphatic carbocycles. The van der Waals surface area contributed by atoms with Crippen molar-refractivity contribution in [3.63, 3.8) is 0 Å². The molecule has 0 radical (unpaired) electrons. The highest BCUT2D eigenvalue weighted by molar-refractivity contribution is 5.41. The fraction of sp³-hybridized carbons (Fsp3) is 0.400. The Labute approximate surface area is 144 Å². The van der Waals surface area contributed by atoms with E-state index in [-0.39, 0.29) is 5.41 Å². The van der Waals surface area contributed by atoms with E-state index >= 15 is 0 Å². The van der Waals surface area contributed by atoms with E-state index in [9.17, 15) is 0 Å². The van der Waals surface area contributed by atoms with Gasteiger partial charge in [-0.3, -0.25) is 0 Å². The lowest BCUT2D eigenvalue weighted by Gasteiger charge is -2.22. The second-order valence-electron chi connectivity index (χ2n) is 6.62. The highest BCUT2D eigenvalue weighted by Gasteiger charge is 2.18. The van der Waals surface area contributed by atoms with Gasteiger partial charge in [0.25, 0.3) is 0 Å². The van der Waals surface area contributed by atoms with E-state index in [0.717, 1.165) is 22.8 Å². The molecule has 24 heavy (non-hydrogen) atoms. The number of hydrogen-bond donors (Lipinski definition) is 1. The Kier molecular flexibility index (Phi) is 6.10. The minimum atomic E-state index is 0.0387. The SMILES string of the molecule is COc1ccc(CN)c(OCCOc2ccccc2C(C)(C)C)c1. The van der Waals surface area contributed by atoms with E-state index < -0.39 is 0 Å². The van der Waals surface area contributed by atoms with Crippen LogP contribution in [0, 0.1) is 0 Å². The molecule has 0 amide bonds. The van der Waals surface area contributed by atoms with Gasteiger partial charge in [0.1, 0.15) is 30.5 Å². The van der Waals surface area contributed by atoms with Crippen LogP contribution in [0.3, 0.4) is 0 Å². The van der Waals surface area contributed by atoms with E-state index in [0.29, 0.717) is 19.8 Å². The second-order valence-corrected chi connectivity index (χ2v) is 6.62. The van der Waals surface area contributed by atoms with Crippen LogP contribution in [0.5, 0.6) is 17.2 Å². The molecule has 0 aliphatic rings. The number of para-hydroxylation sites is 1. The summed E-state index contributed by atoms with van der Waals surface area (Å²) in [5.74, 6) is 2.39. The Hall–Kier alpha value is -2.20. The molecule has 0 spiro atoms. The van der Waals surface area contributed by atoms with Gasteiger partial charge in [0, 0.05) is 18.2 Å². The molecule has 4 nitrogen and oxygen atoms in total. The summed E-state index contributed by atoms with van der Waals surface area (Å²) in [5, 5.41) is 0. The third-order valence-corrected chi connectivity index (χ3v) is 3.79. The molecule has 0 unspecified atom stereocenters. The van der Waals surface area contributed by atoms with E-state index in [1.54, 1.807) is 7.11 Å². The summed E-state index contributed by atoms with van der Waals surface area (Å²) >= 11 is 0. The Bertz CT molecular complexity index is 662. The third-order valence-electron chi connectivity index (χ3n) is 3.79. The van der Waals surface area contributed by atoms with E-state index in [2.05, 4.69) is 26.8 Å². The van der Waals surface area contributed by atoms with Crippen molar-refractivity contribution in [1.29, 1.82) is 0 Å². The second kappa shape index (κ2) is 8.06. The summed E-state index contributed by atoms with van der Waals surface area (Å²) < 4.78 is 17.0. The molecule has 0 saturated carbocycles. The van der Waals surface area contributed by atoms with Crippen LogP contribution < -0.4 is 19.9 Å². The molecule has 2 N–H and O–H groups in total. The zero-order valence-electron chi connectivity index (χ0n) is 15.0. The Morgan fingerprint density at radius 2 is 1.58 bits per heavy atom. The Balaban J connectivity index is 1.97. The van der Waals surface area contributed by atoms with Crippen molar-refractivity contribution >= 4 is 0 Å². The zero-order chi connectivity index (χ0) is 17.6. The summed E-state index contributed by atoms with van der Waals surface area (Å²) in [6.07, 6.45) is 0. The first-order valence-corrected chi connectivity index (χ1v) is 8.18. The van der Waals surface area contributed by atoms with Gasteiger partial charge >= 0.3 is 0 Å². The fourth-order valence-corrected chi connectivity index (χ4v) is 2.48. The lowest BCUT2D eigenvalue weighted by molar-refractivity contribution is 0.212. The minimum Gasteiger partial charge on any atom is -0.497 e. The van der Waals surface area contributed by atoms with Gasteiger partial charge in [-0.25, -0.2) is 0 Å². The van der Waals surface area contributed by atoms with Crippen molar-refractivity contribution in [1.82, 2.24) is 0 Å². The molecule has 2 aromatic carbocycles. The average Bonchev–Trinajstić information content (AvgIpc) is 2.58. The summed E-state index contributed by atoms with van der Waals surface area (Å²) in [5.41, 5.74) is 7.93. The zero-order valence-corrected chi connectivity index (χ0v) is 15.0. The highest BCUT2D eigenvalue weighted by atomic mass is 16.5. The molecule has 2 rings (SSSR count). The maximum absolute atomic E-state index is 5.93. The Morgan fingerprint density at radius 3 is 2.21 bits per heavy atom. The Morgan fingerprint density at radius 1 is 0.917 bits per heavy atom. The summed E-state index contributed by atoms with van der Waals surface area (Å²) in [6, 6.07) is 13.8. The molecular formula is C20H27NO3. The smallest absolute Gasteiger partial charge is 0.127 e. The number of hydrogen-bond acceptors (Lipinski definition) is 4. The van der Waals surface area contributed by atoms with Crippen LogP contribution in [0.25, 0.3) is 0 Å². The largest absolute Gasteiger partial charge is 0.497 e. The molecule has 0 saturated heterocycles. The summed E-state index contributed by atoms with van der Waals surface area (Å²) in [4.78, 5) is 0. The topological polar surface area (TPSA) is 53.7 Å². The first kappa shape index (κ1) is 18.1. The van der Waals surface area contributed by atoms with Crippen molar-refractivity contribution in [3.8, 4) is 17.2 Å². The van der Waals surface area contributed by atoms with Gasteiger partial charge in [-0.05, 0) is 23.1 Å². The highest BCUT2D eigenvalue weighted by Crippen LogP contribution is 2.31. The van der Waals surface area contributed by atoms with Crippen molar-refractivity contribution in [3.05, 3.63) is 53.6 Å². The van der Waals surface area contributed by atoms with Crippen LogP contribution in [0.15, 0.2) is 42.5 Å². The van der Waals surface area contributed by atoms with Gasteiger partial charge in [-0.2, -0.15) is 0 Å². The minimum absolute atomic E-state index is 0.0387. The van der Waals surface area contributed by atoms with E-state index in [1.165, 1.54) is 5.56 Å². The monoisotopic (exact) mass is 329 g/mol. The van der Waals surface area contributed by atoms with Crippen molar-refractivity contribution in [2.45, 2.75) is 32.7 Å². The molecule has 2 aromatic rings. The average molecular weight is 329 g/mol. The van der Waals surface area contributed by atoms with Gasteiger partial charge in [0.15, 0.2) is 0 Å². The molecule has 0 heterocycles. The predicted octanol–water partition coefficient (Wildman–Crippen LogP) is 3.91. The van der Waals surface area contributed by atoms with Crippen molar-refractivity contribution in [2.75, 3.05) is 20.3 Å². The van der Waals surface area contributed by atoms with Crippen LogP contribution in [0.1, 0.15) is 31.9 Å². The first-order chi connectivity index (χ1) is 11.5. The van der Waals surface area contributed by atoms with Gasteiger partial charge in [-0.15, -0.1) is 0 Å². The van der Waals surface area contributed by atoms with Crippen molar-refractivity contribution in [2.24, 2.45) is 5.73 Å². The maximum atomic E-state index is 5.93. The van der Waals surface area contributed by atoms with Crippen LogP contribution >= 0.6 is 0 Å². The molecule has 0 fully saturated rings. The lowest BCUT2D eigenvalue weighted by atomic mass is 9.86. The summed E-state index contributed by atoms with van der Waals surface area (Å²) in [7, 11) is 1.63. The van der Waals surface area contributed by atoms with Crippen molar-refractivity contribution < 1.29 is 14.2 Å². The van der Waals surface area contributed by atoms with Gasteiger partial charge in [0.05, 0.1) is 7.11 Å². The normalized spacial score (nSPS) is 11.2. The predicted molar refractivity (Wildman–Crippen MR) is 97.0 cm³/mol. The van der Waals surface area contributed by atoms with Crippen LogP contribution in [0.4, 0.5) is 0 Å². The third kappa shape index (κ3) is 4.65. The van der Waals surface area contributed by atoms with E-state index in [4.69, 9.17) is 19.9 Å². The first-order valence-electron chi connectivity index (χ1n) is 8.18. The number of rotatable bonds is 7. The fourth-order valence-electron chi connectivity index (χ4n) is 2.48.